The van der Waals surface area contributed by atoms with Crippen molar-refractivity contribution in [1.29, 1.82) is 0 Å². The molecule has 0 heterocycles. The molecule has 2 amide bonds. The van der Waals surface area contributed by atoms with E-state index in [1.165, 1.54) is 11.1 Å². The van der Waals surface area contributed by atoms with Gasteiger partial charge in [0.15, 0.2) is 0 Å². The second-order valence-electron chi connectivity index (χ2n) is 5.85. The van der Waals surface area contributed by atoms with Crippen LogP contribution in [0.15, 0.2) is 48.5 Å². The summed E-state index contributed by atoms with van der Waals surface area (Å²) in [7, 11) is 0. The first kappa shape index (κ1) is 14.9. The third-order valence-corrected chi connectivity index (χ3v) is 4.47. The SMILES string of the molecule is Cc1ccc(C2(NC(=O)NCc3ccccc3Cl)CC2)cc1. The minimum Gasteiger partial charge on any atom is -0.334 e. The van der Waals surface area contributed by atoms with Crippen LogP contribution in [0.5, 0.6) is 0 Å². The van der Waals surface area contributed by atoms with Crippen molar-refractivity contribution in [2.24, 2.45) is 0 Å². The highest BCUT2D eigenvalue weighted by molar-refractivity contribution is 6.31. The van der Waals surface area contributed by atoms with Crippen LogP contribution in [0, 0.1) is 6.92 Å². The van der Waals surface area contributed by atoms with Crippen LogP contribution >= 0.6 is 11.6 Å². The minimum atomic E-state index is -0.196. The van der Waals surface area contributed by atoms with Crippen molar-refractivity contribution < 1.29 is 4.79 Å². The van der Waals surface area contributed by atoms with Crippen molar-refractivity contribution in [3.8, 4) is 0 Å². The second-order valence-corrected chi connectivity index (χ2v) is 6.25. The van der Waals surface area contributed by atoms with E-state index in [2.05, 4.69) is 41.8 Å². The molecule has 2 aromatic carbocycles. The van der Waals surface area contributed by atoms with Crippen LogP contribution in [-0.2, 0) is 12.1 Å². The average molecular weight is 315 g/mol. The van der Waals surface area contributed by atoms with Crippen molar-refractivity contribution in [1.82, 2.24) is 10.6 Å². The lowest BCUT2D eigenvalue weighted by Crippen LogP contribution is -2.41. The molecule has 0 atom stereocenters. The predicted molar refractivity (Wildman–Crippen MR) is 88.9 cm³/mol. The molecule has 0 bridgehead atoms. The second kappa shape index (κ2) is 6.01. The number of hydrogen-bond donors (Lipinski definition) is 2. The number of urea groups is 1. The fourth-order valence-corrected chi connectivity index (χ4v) is 2.76. The largest absolute Gasteiger partial charge is 0.334 e. The van der Waals surface area contributed by atoms with Crippen molar-refractivity contribution in [3.05, 3.63) is 70.2 Å². The van der Waals surface area contributed by atoms with E-state index in [4.69, 9.17) is 11.6 Å². The van der Waals surface area contributed by atoms with Crippen LogP contribution in [0.1, 0.15) is 29.5 Å². The van der Waals surface area contributed by atoms with Gasteiger partial charge >= 0.3 is 6.03 Å². The number of benzene rings is 2. The molecular weight excluding hydrogens is 296 g/mol. The molecule has 0 radical (unpaired) electrons. The smallest absolute Gasteiger partial charge is 0.315 e. The van der Waals surface area contributed by atoms with Crippen molar-refractivity contribution in [2.75, 3.05) is 0 Å². The molecule has 2 aromatic rings. The normalized spacial score (nSPS) is 15.2. The summed E-state index contributed by atoms with van der Waals surface area (Å²) in [6.45, 7) is 2.49. The molecule has 1 saturated carbocycles. The Hall–Kier alpha value is -2.00. The number of nitrogens with one attached hydrogen (secondary N) is 2. The topological polar surface area (TPSA) is 41.1 Å². The number of carbonyl (C=O) groups excluding carboxylic acids is 1. The minimum absolute atomic E-state index is 0.155. The quantitative estimate of drug-likeness (QED) is 0.875. The highest BCUT2D eigenvalue weighted by Crippen LogP contribution is 2.45. The summed E-state index contributed by atoms with van der Waals surface area (Å²) < 4.78 is 0. The van der Waals surface area contributed by atoms with Gasteiger partial charge in [-0.2, -0.15) is 0 Å². The van der Waals surface area contributed by atoms with E-state index in [-0.39, 0.29) is 11.6 Å². The lowest BCUT2D eigenvalue weighted by molar-refractivity contribution is 0.235. The van der Waals surface area contributed by atoms with Crippen molar-refractivity contribution in [2.45, 2.75) is 31.8 Å². The highest BCUT2D eigenvalue weighted by Gasteiger charge is 2.45. The molecule has 3 nitrogen and oxygen atoms in total. The van der Waals surface area contributed by atoms with Crippen LogP contribution in [0.4, 0.5) is 4.79 Å². The zero-order chi connectivity index (χ0) is 15.6. The first-order valence-electron chi connectivity index (χ1n) is 7.46. The molecule has 114 valence electrons. The number of hydrogen-bond acceptors (Lipinski definition) is 1. The van der Waals surface area contributed by atoms with E-state index in [1.54, 1.807) is 0 Å². The van der Waals surface area contributed by atoms with Crippen LogP contribution < -0.4 is 10.6 Å². The maximum absolute atomic E-state index is 12.2. The molecule has 0 spiro atoms. The molecular formula is C18H19ClN2O. The van der Waals surface area contributed by atoms with E-state index in [1.807, 2.05) is 24.3 Å². The lowest BCUT2D eigenvalue weighted by Gasteiger charge is -2.19. The highest BCUT2D eigenvalue weighted by atomic mass is 35.5. The van der Waals surface area contributed by atoms with Gasteiger partial charge < -0.3 is 10.6 Å². The summed E-state index contributed by atoms with van der Waals surface area (Å²) in [6.07, 6.45) is 1.96. The van der Waals surface area contributed by atoms with Crippen molar-refractivity contribution >= 4 is 17.6 Å². The predicted octanol–water partition coefficient (Wildman–Crippen LogP) is 4.14. The van der Waals surface area contributed by atoms with Gasteiger partial charge in [-0.1, -0.05) is 59.6 Å². The van der Waals surface area contributed by atoms with E-state index < -0.39 is 0 Å². The van der Waals surface area contributed by atoms with Gasteiger partial charge in [-0.3, -0.25) is 0 Å². The first-order chi connectivity index (χ1) is 10.6. The Morgan fingerprint density at radius 1 is 1.14 bits per heavy atom. The third kappa shape index (κ3) is 3.25. The Labute approximate surface area is 135 Å². The number of rotatable bonds is 4. The Bertz CT molecular complexity index is 678. The first-order valence-corrected chi connectivity index (χ1v) is 7.83. The maximum Gasteiger partial charge on any atom is 0.315 e. The van der Waals surface area contributed by atoms with E-state index in [0.29, 0.717) is 11.6 Å². The summed E-state index contributed by atoms with van der Waals surface area (Å²) >= 11 is 6.09. The van der Waals surface area contributed by atoms with Crippen molar-refractivity contribution in [3.63, 3.8) is 0 Å². The fraction of sp³-hybridized carbons (Fsp3) is 0.278. The summed E-state index contributed by atoms with van der Waals surface area (Å²) in [5, 5.41) is 6.65. The zero-order valence-corrected chi connectivity index (χ0v) is 13.3. The number of halogens is 1. The monoisotopic (exact) mass is 314 g/mol. The van der Waals surface area contributed by atoms with E-state index >= 15 is 0 Å². The van der Waals surface area contributed by atoms with E-state index in [0.717, 1.165) is 18.4 Å². The molecule has 1 fully saturated rings. The molecule has 0 saturated heterocycles. The summed E-state index contributed by atoms with van der Waals surface area (Å²) in [5.74, 6) is 0. The maximum atomic E-state index is 12.2. The molecule has 0 aromatic heterocycles. The van der Waals surface area contributed by atoms with Gasteiger partial charge in [-0.05, 0) is 37.0 Å². The molecule has 22 heavy (non-hydrogen) atoms. The van der Waals surface area contributed by atoms with Gasteiger partial charge in [0.25, 0.3) is 0 Å². The average Bonchev–Trinajstić information content (AvgIpc) is 3.28. The van der Waals surface area contributed by atoms with Crippen LogP contribution in [0.25, 0.3) is 0 Å². The van der Waals surface area contributed by atoms with E-state index in [9.17, 15) is 4.79 Å². The van der Waals surface area contributed by atoms with Crippen LogP contribution in [0.3, 0.4) is 0 Å². The molecule has 4 heteroatoms. The van der Waals surface area contributed by atoms with Gasteiger partial charge in [0, 0.05) is 11.6 Å². The Kier molecular flexibility index (Phi) is 4.08. The number of carbonyl (C=O) groups is 1. The van der Waals surface area contributed by atoms with Crippen LogP contribution in [-0.4, -0.2) is 6.03 Å². The molecule has 0 aliphatic heterocycles. The van der Waals surface area contributed by atoms with Gasteiger partial charge in [0.1, 0.15) is 0 Å². The molecule has 1 aliphatic rings. The lowest BCUT2D eigenvalue weighted by atomic mass is 10.0. The zero-order valence-electron chi connectivity index (χ0n) is 12.5. The third-order valence-electron chi connectivity index (χ3n) is 4.10. The molecule has 1 aliphatic carbocycles. The van der Waals surface area contributed by atoms with Gasteiger partial charge in [0.2, 0.25) is 0 Å². The number of amides is 2. The molecule has 0 unspecified atom stereocenters. The summed E-state index contributed by atoms with van der Waals surface area (Å²) in [4.78, 5) is 12.2. The standard InChI is InChI=1S/C18H19ClN2O/c1-13-6-8-15(9-7-13)18(10-11-18)21-17(22)20-12-14-4-2-3-5-16(14)19/h2-9H,10-12H2,1H3,(H2,20,21,22). The van der Waals surface area contributed by atoms with Gasteiger partial charge in [0.05, 0.1) is 5.54 Å². The Morgan fingerprint density at radius 2 is 1.82 bits per heavy atom. The van der Waals surface area contributed by atoms with Gasteiger partial charge in [-0.25, -0.2) is 4.79 Å². The summed E-state index contributed by atoms with van der Waals surface area (Å²) in [5.41, 5.74) is 3.12. The van der Waals surface area contributed by atoms with Gasteiger partial charge in [-0.15, -0.1) is 0 Å². The number of aryl methyl sites for hydroxylation is 1. The fourth-order valence-electron chi connectivity index (χ4n) is 2.56. The molecule has 3 rings (SSSR count). The Morgan fingerprint density at radius 3 is 2.45 bits per heavy atom. The summed E-state index contributed by atoms with van der Waals surface area (Å²) in [6, 6.07) is 15.7. The molecule has 2 N–H and O–H groups in total. The Balaban J connectivity index is 1.60. The van der Waals surface area contributed by atoms with Crippen LogP contribution in [0.2, 0.25) is 5.02 Å².